The summed E-state index contributed by atoms with van der Waals surface area (Å²) in [6.07, 6.45) is -0.464. The van der Waals surface area contributed by atoms with Crippen molar-refractivity contribution in [2.45, 2.75) is 51.2 Å². The number of hydrogen-bond donors (Lipinski definition) is 1. The normalized spacial score (nSPS) is 26.1. The molecule has 1 N–H and O–H groups in total. The van der Waals surface area contributed by atoms with Crippen LogP contribution in [0.15, 0.2) is 0 Å². The van der Waals surface area contributed by atoms with Gasteiger partial charge in [-0.25, -0.2) is 0 Å². The molecule has 1 aliphatic carbocycles. The summed E-state index contributed by atoms with van der Waals surface area (Å²) in [6, 6.07) is -0.352. The Morgan fingerprint density at radius 3 is 2.59 bits per heavy atom. The van der Waals surface area contributed by atoms with Crippen LogP contribution in [0.4, 0.5) is 13.2 Å². The van der Waals surface area contributed by atoms with Gasteiger partial charge >= 0.3 is 6.18 Å². The molecule has 0 saturated heterocycles. The van der Waals surface area contributed by atoms with E-state index < -0.39 is 12.1 Å². The molecular formula is C12H22F3NS. The fourth-order valence-corrected chi connectivity index (χ4v) is 3.01. The maximum absolute atomic E-state index is 12.8. The van der Waals surface area contributed by atoms with Gasteiger partial charge in [-0.3, -0.25) is 0 Å². The Morgan fingerprint density at radius 1 is 1.24 bits per heavy atom. The first-order chi connectivity index (χ1) is 8.05. The lowest BCUT2D eigenvalue weighted by molar-refractivity contribution is -0.188. The van der Waals surface area contributed by atoms with Crippen molar-refractivity contribution in [1.82, 2.24) is 5.32 Å². The summed E-state index contributed by atoms with van der Waals surface area (Å²) in [6.45, 7) is 2.81. The van der Waals surface area contributed by atoms with Crippen LogP contribution in [0.5, 0.6) is 0 Å². The average molecular weight is 269 g/mol. The first-order valence-corrected chi connectivity index (χ1v) is 7.59. The summed E-state index contributed by atoms with van der Waals surface area (Å²) in [5.74, 6) is 0.983. The van der Waals surface area contributed by atoms with Gasteiger partial charge in [0.2, 0.25) is 0 Å². The molecular weight excluding hydrogens is 247 g/mol. The fraction of sp³-hybridized carbons (Fsp3) is 1.00. The van der Waals surface area contributed by atoms with Gasteiger partial charge < -0.3 is 5.32 Å². The van der Waals surface area contributed by atoms with E-state index in [1.807, 2.05) is 11.8 Å². The number of halogens is 3. The van der Waals surface area contributed by atoms with Crippen molar-refractivity contribution in [3.05, 3.63) is 0 Å². The predicted molar refractivity (Wildman–Crippen MR) is 67.4 cm³/mol. The summed E-state index contributed by atoms with van der Waals surface area (Å²) in [4.78, 5) is 0. The van der Waals surface area contributed by atoms with Crippen molar-refractivity contribution in [3.63, 3.8) is 0 Å². The Morgan fingerprint density at radius 2 is 1.94 bits per heavy atom. The standard InChI is InChI=1S/C12H22F3NS/c1-2-17-9-5-8-16-11-7-4-3-6-10(11)12(13,14)15/h10-11,16H,2-9H2,1H3. The average Bonchev–Trinajstić information content (AvgIpc) is 2.28. The second kappa shape index (κ2) is 7.52. The summed E-state index contributed by atoms with van der Waals surface area (Å²) in [5, 5.41) is 3.10. The van der Waals surface area contributed by atoms with Gasteiger partial charge in [0.15, 0.2) is 0 Å². The topological polar surface area (TPSA) is 12.0 Å². The van der Waals surface area contributed by atoms with Crippen LogP contribution in [0, 0.1) is 5.92 Å². The van der Waals surface area contributed by atoms with Gasteiger partial charge in [0.05, 0.1) is 5.92 Å². The third-order valence-corrected chi connectivity index (χ3v) is 4.25. The van der Waals surface area contributed by atoms with Gasteiger partial charge in [-0.1, -0.05) is 19.8 Å². The molecule has 0 heterocycles. The third kappa shape index (κ3) is 5.51. The van der Waals surface area contributed by atoms with Gasteiger partial charge in [0.25, 0.3) is 0 Å². The van der Waals surface area contributed by atoms with E-state index in [0.717, 1.165) is 24.3 Å². The smallest absolute Gasteiger partial charge is 0.313 e. The molecule has 0 aromatic carbocycles. The van der Waals surface area contributed by atoms with Crippen molar-refractivity contribution < 1.29 is 13.2 Å². The van der Waals surface area contributed by atoms with Crippen LogP contribution in [0.2, 0.25) is 0 Å². The van der Waals surface area contributed by atoms with Gasteiger partial charge in [0, 0.05) is 6.04 Å². The molecule has 2 unspecified atom stereocenters. The van der Waals surface area contributed by atoms with Crippen molar-refractivity contribution in [3.8, 4) is 0 Å². The molecule has 0 amide bonds. The van der Waals surface area contributed by atoms with E-state index in [1.54, 1.807) is 0 Å². The highest BCUT2D eigenvalue weighted by Gasteiger charge is 2.45. The van der Waals surface area contributed by atoms with E-state index in [9.17, 15) is 13.2 Å². The molecule has 5 heteroatoms. The predicted octanol–water partition coefficient (Wildman–Crippen LogP) is 3.84. The number of hydrogen-bond acceptors (Lipinski definition) is 2. The molecule has 0 spiro atoms. The van der Waals surface area contributed by atoms with Crippen LogP contribution in [-0.4, -0.2) is 30.3 Å². The summed E-state index contributed by atoms with van der Waals surface area (Å²) >= 11 is 1.84. The maximum Gasteiger partial charge on any atom is 0.393 e. The molecule has 0 radical (unpaired) electrons. The Balaban J connectivity index is 2.28. The van der Waals surface area contributed by atoms with Crippen molar-refractivity contribution in [2.24, 2.45) is 5.92 Å². The number of alkyl halides is 3. The van der Waals surface area contributed by atoms with E-state index >= 15 is 0 Å². The highest BCUT2D eigenvalue weighted by atomic mass is 32.2. The van der Waals surface area contributed by atoms with E-state index in [1.165, 1.54) is 0 Å². The Bertz CT molecular complexity index is 208. The van der Waals surface area contributed by atoms with Crippen LogP contribution in [0.1, 0.15) is 39.0 Å². The van der Waals surface area contributed by atoms with Gasteiger partial charge in [-0.15, -0.1) is 0 Å². The minimum absolute atomic E-state index is 0.297. The molecule has 17 heavy (non-hydrogen) atoms. The Labute approximate surface area is 106 Å². The van der Waals surface area contributed by atoms with Crippen LogP contribution in [0.25, 0.3) is 0 Å². The molecule has 0 aliphatic heterocycles. The quantitative estimate of drug-likeness (QED) is 0.735. The molecule has 1 saturated carbocycles. The molecule has 1 fully saturated rings. The maximum atomic E-state index is 12.8. The van der Waals surface area contributed by atoms with Crippen molar-refractivity contribution in [1.29, 1.82) is 0 Å². The molecule has 1 aliphatic rings. The Hall–Kier alpha value is 0.100. The zero-order valence-corrected chi connectivity index (χ0v) is 11.2. The molecule has 0 aromatic rings. The third-order valence-electron chi connectivity index (χ3n) is 3.26. The number of nitrogens with one attached hydrogen (secondary N) is 1. The SMILES string of the molecule is CCSCCCNC1CCCCC1C(F)(F)F. The number of thioether (sulfide) groups is 1. The minimum atomic E-state index is -4.03. The second-order valence-corrected chi connectivity index (χ2v) is 5.94. The first kappa shape index (κ1) is 15.2. The highest BCUT2D eigenvalue weighted by molar-refractivity contribution is 7.99. The molecule has 2 atom stereocenters. The number of rotatable bonds is 6. The van der Waals surface area contributed by atoms with Crippen molar-refractivity contribution in [2.75, 3.05) is 18.1 Å². The molecule has 0 bridgehead atoms. The van der Waals surface area contributed by atoms with Crippen LogP contribution >= 0.6 is 11.8 Å². The highest BCUT2D eigenvalue weighted by Crippen LogP contribution is 2.37. The lowest BCUT2D eigenvalue weighted by Crippen LogP contribution is -2.45. The zero-order valence-electron chi connectivity index (χ0n) is 10.4. The van der Waals surface area contributed by atoms with Crippen LogP contribution in [-0.2, 0) is 0 Å². The zero-order chi connectivity index (χ0) is 12.7. The van der Waals surface area contributed by atoms with Gasteiger partial charge in [-0.2, -0.15) is 24.9 Å². The van der Waals surface area contributed by atoms with Gasteiger partial charge in [0.1, 0.15) is 0 Å². The lowest BCUT2D eigenvalue weighted by atomic mass is 9.84. The summed E-state index contributed by atoms with van der Waals surface area (Å²) < 4.78 is 38.3. The molecule has 102 valence electrons. The van der Waals surface area contributed by atoms with Gasteiger partial charge in [-0.05, 0) is 37.3 Å². The molecule has 0 aromatic heterocycles. The monoisotopic (exact) mass is 269 g/mol. The summed E-state index contributed by atoms with van der Waals surface area (Å²) in [5.41, 5.74) is 0. The molecule has 1 rings (SSSR count). The Kier molecular flexibility index (Phi) is 6.70. The van der Waals surface area contributed by atoms with Crippen molar-refractivity contribution >= 4 is 11.8 Å². The van der Waals surface area contributed by atoms with Crippen LogP contribution < -0.4 is 5.32 Å². The van der Waals surface area contributed by atoms with E-state index in [2.05, 4.69) is 12.2 Å². The first-order valence-electron chi connectivity index (χ1n) is 6.43. The van der Waals surface area contributed by atoms with E-state index in [0.29, 0.717) is 25.8 Å². The largest absolute Gasteiger partial charge is 0.393 e. The van der Waals surface area contributed by atoms with E-state index in [4.69, 9.17) is 0 Å². The van der Waals surface area contributed by atoms with Crippen LogP contribution in [0.3, 0.4) is 0 Å². The lowest BCUT2D eigenvalue weighted by Gasteiger charge is -2.33. The molecule has 1 nitrogen and oxygen atoms in total. The second-order valence-electron chi connectivity index (χ2n) is 4.54. The minimum Gasteiger partial charge on any atom is -0.313 e. The van der Waals surface area contributed by atoms with E-state index in [-0.39, 0.29) is 6.04 Å². The fourth-order valence-electron chi connectivity index (χ4n) is 2.37. The summed E-state index contributed by atoms with van der Waals surface area (Å²) in [7, 11) is 0.